The average Bonchev–Trinajstić information content (AvgIpc) is 2.29. The van der Waals surface area contributed by atoms with Crippen LogP contribution in [0, 0.1) is 0 Å². The predicted octanol–water partition coefficient (Wildman–Crippen LogP) is 1.67. The molecule has 1 atom stereocenters. The first-order valence-corrected chi connectivity index (χ1v) is 6.27. The van der Waals surface area contributed by atoms with Gasteiger partial charge in [-0.1, -0.05) is 0 Å². The number of hydrogen-bond donors (Lipinski definition) is 1. The van der Waals surface area contributed by atoms with Crippen molar-refractivity contribution in [3.8, 4) is 5.75 Å². The molecule has 2 rings (SSSR count). The number of piperazine rings is 1. The van der Waals surface area contributed by atoms with Crippen LogP contribution < -0.4 is 15.0 Å². The molecule has 17 heavy (non-hydrogen) atoms. The van der Waals surface area contributed by atoms with E-state index in [4.69, 9.17) is 4.74 Å². The smallest absolute Gasteiger partial charge is 0.171 e. The summed E-state index contributed by atoms with van der Waals surface area (Å²) in [5.41, 5.74) is 0. The molecule has 0 spiro atoms. The number of ether oxygens (including phenoxy) is 1. The maximum Gasteiger partial charge on any atom is 0.171 e. The van der Waals surface area contributed by atoms with E-state index in [1.54, 1.807) is 0 Å². The van der Waals surface area contributed by atoms with Crippen LogP contribution in [0.3, 0.4) is 0 Å². The summed E-state index contributed by atoms with van der Waals surface area (Å²) in [7, 11) is 0. The van der Waals surface area contributed by atoms with Crippen LogP contribution in [0.4, 0.5) is 5.82 Å². The summed E-state index contributed by atoms with van der Waals surface area (Å²) in [5, 5.41) is 3.43. The van der Waals surface area contributed by atoms with Crippen molar-refractivity contribution in [2.24, 2.45) is 0 Å². The third-order valence-electron chi connectivity index (χ3n) is 2.78. The summed E-state index contributed by atoms with van der Waals surface area (Å²) in [6.45, 7) is 9.23. The van der Waals surface area contributed by atoms with E-state index in [0.717, 1.165) is 31.2 Å². The Hall–Kier alpha value is -1.29. The highest BCUT2D eigenvalue weighted by atomic mass is 16.5. The van der Waals surface area contributed by atoms with Crippen molar-refractivity contribution in [2.45, 2.75) is 32.9 Å². The number of nitrogens with zero attached hydrogens (tertiary/aromatic N) is 2. The van der Waals surface area contributed by atoms with Crippen molar-refractivity contribution >= 4 is 5.82 Å². The Kier molecular flexibility index (Phi) is 3.84. The number of rotatable bonds is 3. The highest BCUT2D eigenvalue weighted by molar-refractivity contribution is 5.52. The topological polar surface area (TPSA) is 37.4 Å². The Morgan fingerprint density at radius 1 is 1.53 bits per heavy atom. The van der Waals surface area contributed by atoms with Gasteiger partial charge in [-0.2, -0.15) is 0 Å². The molecular formula is C13H21N3O. The summed E-state index contributed by atoms with van der Waals surface area (Å²) in [5.74, 6) is 1.85. The molecule has 4 nitrogen and oxygen atoms in total. The summed E-state index contributed by atoms with van der Waals surface area (Å²) >= 11 is 0. The zero-order chi connectivity index (χ0) is 12.3. The monoisotopic (exact) mass is 235 g/mol. The van der Waals surface area contributed by atoms with Gasteiger partial charge in [0.15, 0.2) is 11.6 Å². The maximum atomic E-state index is 5.81. The van der Waals surface area contributed by atoms with Crippen molar-refractivity contribution in [1.29, 1.82) is 0 Å². The van der Waals surface area contributed by atoms with Gasteiger partial charge in [-0.3, -0.25) is 0 Å². The van der Waals surface area contributed by atoms with Gasteiger partial charge in [0.2, 0.25) is 0 Å². The van der Waals surface area contributed by atoms with Gasteiger partial charge in [-0.25, -0.2) is 4.98 Å². The number of nitrogens with one attached hydrogen (secondary N) is 1. The van der Waals surface area contributed by atoms with E-state index in [0.29, 0.717) is 6.04 Å². The Bertz CT molecular complexity index is 367. The Labute approximate surface area is 103 Å². The van der Waals surface area contributed by atoms with Gasteiger partial charge in [0.1, 0.15) is 0 Å². The molecule has 2 heterocycles. The minimum atomic E-state index is 0.179. The van der Waals surface area contributed by atoms with E-state index in [1.165, 1.54) is 0 Å². The molecule has 1 N–H and O–H groups in total. The normalized spacial score (nSPS) is 20.7. The molecule has 1 aromatic rings. The number of pyridine rings is 1. The van der Waals surface area contributed by atoms with E-state index in [9.17, 15) is 0 Å². The predicted molar refractivity (Wildman–Crippen MR) is 69.7 cm³/mol. The molecule has 0 unspecified atom stereocenters. The summed E-state index contributed by atoms with van der Waals surface area (Å²) in [6, 6.07) is 4.42. The third-order valence-corrected chi connectivity index (χ3v) is 2.78. The number of aromatic nitrogens is 1. The lowest BCUT2D eigenvalue weighted by atomic mass is 10.2. The Morgan fingerprint density at radius 2 is 2.35 bits per heavy atom. The van der Waals surface area contributed by atoms with E-state index >= 15 is 0 Å². The first-order valence-electron chi connectivity index (χ1n) is 6.27. The van der Waals surface area contributed by atoms with Crippen LogP contribution in [0.5, 0.6) is 5.75 Å². The second kappa shape index (κ2) is 5.36. The van der Waals surface area contributed by atoms with Crippen LogP contribution in [-0.2, 0) is 0 Å². The lowest BCUT2D eigenvalue weighted by Gasteiger charge is -2.33. The molecule has 1 fully saturated rings. The van der Waals surface area contributed by atoms with Crippen molar-refractivity contribution in [1.82, 2.24) is 10.3 Å². The largest absolute Gasteiger partial charge is 0.487 e. The standard InChI is InChI=1S/C13H21N3O/c1-10(2)17-12-5-4-6-15-13(12)16-8-7-14-11(3)9-16/h4-6,10-11,14H,7-9H2,1-3H3/t11-/m0/s1. The summed E-state index contributed by atoms with van der Waals surface area (Å²) in [4.78, 5) is 6.75. The second-order valence-corrected chi connectivity index (χ2v) is 4.79. The van der Waals surface area contributed by atoms with Gasteiger partial charge in [0.25, 0.3) is 0 Å². The van der Waals surface area contributed by atoms with Crippen LogP contribution in [-0.4, -0.2) is 36.8 Å². The molecule has 4 heteroatoms. The third kappa shape index (κ3) is 3.09. The summed E-state index contributed by atoms with van der Waals surface area (Å²) in [6.07, 6.45) is 2.01. The number of hydrogen-bond acceptors (Lipinski definition) is 4. The van der Waals surface area contributed by atoms with Gasteiger partial charge >= 0.3 is 0 Å². The van der Waals surface area contributed by atoms with Gasteiger partial charge < -0.3 is 15.0 Å². The molecule has 1 saturated heterocycles. The van der Waals surface area contributed by atoms with Crippen molar-refractivity contribution in [3.05, 3.63) is 18.3 Å². The van der Waals surface area contributed by atoms with Gasteiger partial charge in [-0.15, -0.1) is 0 Å². The Balaban J connectivity index is 2.18. The molecule has 0 amide bonds. The zero-order valence-electron chi connectivity index (χ0n) is 10.8. The lowest BCUT2D eigenvalue weighted by Crippen LogP contribution is -2.49. The second-order valence-electron chi connectivity index (χ2n) is 4.79. The van der Waals surface area contributed by atoms with E-state index in [-0.39, 0.29) is 6.10 Å². The molecule has 0 bridgehead atoms. The first kappa shape index (κ1) is 12.2. The minimum absolute atomic E-state index is 0.179. The average molecular weight is 235 g/mol. The van der Waals surface area contributed by atoms with E-state index < -0.39 is 0 Å². The lowest BCUT2D eigenvalue weighted by molar-refractivity contribution is 0.241. The summed E-state index contributed by atoms with van der Waals surface area (Å²) < 4.78 is 5.81. The van der Waals surface area contributed by atoms with Crippen LogP contribution in [0.25, 0.3) is 0 Å². The van der Waals surface area contributed by atoms with Gasteiger partial charge in [0.05, 0.1) is 6.10 Å². The van der Waals surface area contributed by atoms with Crippen molar-refractivity contribution < 1.29 is 4.74 Å². The quantitative estimate of drug-likeness (QED) is 0.864. The highest BCUT2D eigenvalue weighted by Gasteiger charge is 2.20. The molecule has 1 aliphatic rings. The van der Waals surface area contributed by atoms with Crippen LogP contribution in [0.2, 0.25) is 0 Å². The fourth-order valence-corrected chi connectivity index (χ4v) is 2.09. The van der Waals surface area contributed by atoms with Crippen LogP contribution in [0.15, 0.2) is 18.3 Å². The van der Waals surface area contributed by atoms with E-state index in [1.807, 2.05) is 32.2 Å². The van der Waals surface area contributed by atoms with E-state index in [2.05, 4.69) is 22.1 Å². The SMILES string of the molecule is CC(C)Oc1cccnc1N1CCN[C@@H](C)C1. The van der Waals surface area contributed by atoms with Crippen LogP contribution >= 0.6 is 0 Å². The fourth-order valence-electron chi connectivity index (χ4n) is 2.09. The van der Waals surface area contributed by atoms with Crippen molar-refractivity contribution in [2.75, 3.05) is 24.5 Å². The van der Waals surface area contributed by atoms with Gasteiger partial charge in [0, 0.05) is 31.9 Å². The molecule has 0 aliphatic carbocycles. The minimum Gasteiger partial charge on any atom is -0.487 e. The Morgan fingerprint density at radius 3 is 3.06 bits per heavy atom. The van der Waals surface area contributed by atoms with Crippen LogP contribution in [0.1, 0.15) is 20.8 Å². The molecule has 1 aliphatic heterocycles. The maximum absolute atomic E-state index is 5.81. The molecule has 94 valence electrons. The number of anilines is 1. The van der Waals surface area contributed by atoms with Gasteiger partial charge in [-0.05, 0) is 32.9 Å². The highest BCUT2D eigenvalue weighted by Crippen LogP contribution is 2.26. The molecule has 0 radical (unpaired) electrons. The molecule has 0 saturated carbocycles. The molecular weight excluding hydrogens is 214 g/mol. The fraction of sp³-hybridized carbons (Fsp3) is 0.615. The first-order chi connectivity index (χ1) is 8.16. The van der Waals surface area contributed by atoms with Crippen molar-refractivity contribution in [3.63, 3.8) is 0 Å². The zero-order valence-corrected chi connectivity index (χ0v) is 10.8. The molecule has 0 aromatic carbocycles. The molecule has 1 aromatic heterocycles.